The summed E-state index contributed by atoms with van der Waals surface area (Å²) in [6.45, 7) is -0.0142. The molecule has 1 unspecified atom stereocenters. The third kappa shape index (κ3) is 2.42. The summed E-state index contributed by atoms with van der Waals surface area (Å²) in [6.07, 6.45) is 0. The molecule has 1 aliphatic rings. The molecule has 3 rings (SSSR count). The van der Waals surface area contributed by atoms with Gasteiger partial charge in [0, 0.05) is 5.56 Å². The number of methoxy groups -OCH3 is 1. The molecule has 1 N–H and O–H groups in total. The Hall–Kier alpha value is -1.89. The van der Waals surface area contributed by atoms with Crippen LogP contribution in [0.2, 0.25) is 0 Å². The molecule has 1 atom stereocenters. The Kier molecular flexibility index (Phi) is 3.44. The van der Waals surface area contributed by atoms with Gasteiger partial charge in [0.1, 0.15) is 11.3 Å². The molecule has 2 aromatic carbocycles. The van der Waals surface area contributed by atoms with Crippen molar-refractivity contribution in [2.75, 3.05) is 13.7 Å². The summed E-state index contributed by atoms with van der Waals surface area (Å²) >= 11 is 0. The van der Waals surface area contributed by atoms with Gasteiger partial charge in [-0.3, -0.25) is 4.18 Å². The maximum absolute atomic E-state index is 11.8. The molecule has 5 nitrogen and oxygen atoms in total. The van der Waals surface area contributed by atoms with Gasteiger partial charge in [-0.05, 0) is 11.6 Å². The molecule has 6 heteroatoms. The van der Waals surface area contributed by atoms with E-state index in [1.165, 1.54) is 0 Å². The largest absolute Gasteiger partial charge is 0.496 e. The van der Waals surface area contributed by atoms with Crippen molar-refractivity contribution in [3.05, 3.63) is 65.7 Å². The number of hydrogen-bond donors (Lipinski definition) is 1. The summed E-state index contributed by atoms with van der Waals surface area (Å²) in [4.78, 5) is 0. The lowest BCUT2D eigenvalue weighted by Crippen LogP contribution is -2.42. The van der Waals surface area contributed by atoms with E-state index in [0.29, 0.717) is 5.75 Å². The van der Waals surface area contributed by atoms with Crippen LogP contribution in [0.3, 0.4) is 0 Å². The van der Waals surface area contributed by atoms with Gasteiger partial charge in [0.25, 0.3) is 0 Å². The van der Waals surface area contributed by atoms with Crippen LogP contribution in [0.1, 0.15) is 11.1 Å². The van der Waals surface area contributed by atoms with Crippen molar-refractivity contribution in [3.63, 3.8) is 0 Å². The zero-order chi connectivity index (χ0) is 14.9. The van der Waals surface area contributed by atoms with Gasteiger partial charge in [0.05, 0.1) is 13.7 Å². The normalized spacial score (nSPS) is 23.9. The van der Waals surface area contributed by atoms with Gasteiger partial charge in [-0.15, -0.1) is 0 Å². The van der Waals surface area contributed by atoms with Crippen molar-refractivity contribution in [2.24, 2.45) is 0 Å². The van der Waals surface area contributed by atoms with Crippen LogP contribution in [-0.4, -0.2) is 22.1 Å². The van der Waals surface area contributed by atoms with Gasteiger partial charge in [-0.1, -0.05) is 48.5 Å². The minimum absolute atomic E-state index is 0.0142. The minimum Gasteiger partial charge on any atom is -0.496 e. The van der Waals surface area contributed by atoms with Crippen LogP contribution in [0, 0.1) is 0 Å². The van der Waals surface area contributed by atoms with E-state index in [0.717, 1.165) is 11.1 Å². The van der Waals surface area contributed by atoms with Crippen molar-refractivity contribution < 1.29 is 17.3 Å². The number of nitrogens with one attached hydrogen (secondary N) is 1. The topological polar surface area (TPSA) is 64.6 Å². The molecule has 0 radical (unpaired) electrons. The van der Waals surface area contributed by atoms with E-state index in [4.69, 9.17) is 8.92 Å². The quantitative estimate of drug-likeness (QED) is 0.939. The number of benzene rings is 2. The highest BCUT2D eigenvalue weighted by molar-refractivity contribution is 7.85. The molecule has 1 heterocycles. The lowest BCUT2D eigenvalue weighted by molar-refractivity contribution is 0.293. The Balaban J connectivity index is 2.23. The number of para-hydroxylation sites is 1. The van der Waals surface area contributed by atoms with E-state index in [9.17, 15) is 8.42 Å². The zero-order valence-electron chi connectivity index (χ0n) is 11.4. The highest BCUT2D eigenvalue weighted by Crippen LogP contribution is 2.39. The summed E-state index contributed by atoms with van der Waals surface area (Å²) in [5, 5.41) is 0. The zero-order valence-corrected chi connectivity index (χ0v) is 12.3. The fourth-order valence-electron chi connectivity index (χ4n) is 2.59. The molecule has 1 aliphatic heterocycles. The molecular formula is C15H15NO4S. The molecule has 0 spiro atoms. The molecule has 1 saturated heterocycles. The Bertz CT molecular complexity index is 745. The fraction of sp³-hybridized carbons (Fsp3) is 0.200. The first-order valence-corrected chi connectivity index (χ1v) is 7.86. The first-order valence-electron chi connectivity index (χ1n) is 6.45. The molecule has 0 aliphatic carbocycles. The fourth-order valence-corrected chi connectivity index (χ4v) is 3.69. The van der Waals surface area contributed by atoms with E-state index in [1.807, 2.05) is 48.5 Å². The molecular weight excluding hydrogens is 290 g/mol. The van der Waals surface area contributed by atoms with Gasteiger partial charge in [0.2, 0.25) is 0 Å². The van der Waals surface area contributed by atoms with Crippen LogP contribution in [0.5, 0.6) is 5.75 Å². The highest BCUT2D eigenvalue weighted by atomic mass is 32.2. The Morgan fingerprint density at radius 1 is 1.10 bits per heavy atom. The van der Waals surface area contributed by atoms with E-state index >= 15 is 0 Å². The van der Waals surface area contributed by atoms with Crippen molar-refractivity contribution >= 4 is 10.3 Å². The standard InChI is InChI=1S/C15H15NO4S/c1-19-14-10-6-5-9-13(14)15(11-20-21(17,18)16-15)12-7-3-2-4-8-12/h2-10,16H,11H2,1H3. The van der Waals surface area contributed by atoms with Gasteiger partial charge >= 0.3 is 10.3 Å². The third-order valence-electron chi connectivity index (χ3n) is 3.56. The number of ether oxygens (including phenoxy) is 1. The maximum atomic E-state index is 11.8. The lowest BCUT2D eigenvalue weighted by Gasteiger charge is -2.29. The van der Waals surface area contributed by atoms with E-state index in [-0.39, 0.29) is 6.61 Å². The predicted molar refractivity (Wildman–Crippen MR) is 78.2 cm³/mol. The Morgan fingerprint density at radius 3 is 2.38 bits per heavy atom. The van der Waals surface area contributed by atoms with Gasteiger partial charge in [0.15, 0.2) is 0 Å². The lowest BCUT2D eigenvalue weighted by atomic mass is 9.84. The van der Waals surface area contributed by atoms with Crippen LogP contribution in [0.4, 0.5) is 0 Å². The minimum atomic E-state index is -3.78. The van der Waals surface area contributed by atoms with Crippen molar-refractivity contribution in [2.45, 2.75) is 5.54 Å². The molecule has 110 valence electrons. The van der Waals surface area contributed by atoms with E-state index in [1.54, 1.807) is 13.2 Å². The van der Waals surface area contributed by atoms with Crippen LogP contribution < -0.4 is 9.46 Å². The second kappa shape index (κ2) is 5.14. The second-order valence-electron chi connectivity index (χ2n) is 4.79. The highest BCUT2D eigenvalue weighted by Gasteiger charge is 2.47. The summed E-state index contributed by atoms with van der Waals surface area (Å²) in [5.41, 5.74) is 0.544. The summed E-state index contributed by atoms with van der Waals surface area (Å²) in [6, 6.07) is 16.6. The predicted octanol–water partition coefficient (Wildman–Crippen LogP) is 1.80. The first kappa shape index (κ1) is 14.1. The molecule has 0 saturated carbocycles. The molecule has 2 aromatic rings. The van der Waals surface area contributed by atoms with E-state index in [2.05, 4.69) is 4.72 Å². The van der Waals surface area contributed by atoms with Gasteiger partial charge in [-0.2, -0.15) is 13.1 Å². The average molecular weight is 305 g/mol. The SMILES string of the molecule is COc1ccccc1C1(c2ccccc2)COS(=O)(=O)N1. The molecule has 0 bridgehead atoms. The van der Waals surface area contributed by atoms with Crippen LogP contribution >= 0.6 is 0 Å². The van der Waals surface area contributed by atoms with Crippen molar-refractivity contribution in [3.8, 4) is 5.75 Å². The van der Waals surface area contributed by atoms with Crippen molar-refractivity contribution in [1.29, 1.82) is 0 Å². The van der Waals surface area contributed by atoms with Crippen molar-refractivity contribution in [1.82, 2.24) is 4.72 Å². The van der Waals surface area contributed by atoms with Gasteiger partial charge < -0.3 is 4.74 Å². The number of hydrogen-bond acceptors (Lipinski definition) is 4. The molecule has 0 aromatic heterocycles. The third-order valence-corrected chi connectivity index (χ3v) is 4.59. The molecule has 21 heavy (non-hydrogen) atoms. The Morgan fingerprint density at radius 2 is 1.76 bits per heavy atom. The first-order chi connectivity index (χ1) is 10.1. The summed E-state index contributed by atoms with van der Waals surface area (Å²) < 4.78 is 36.6. The van der Waals surface area contributed by atoms with Crippen LogP contribution in [-0.2, 0) is 20.0 Å². The Labute approximate surface area is 123 Å². The maximum Gasteiger partial charge on any atom is 0.337 e. The number of rotatable bonds is 3. The average Bonchev–Trinajstić information content (AvgIpc) is 2.85. The summed E-state index contributed by atoms with van der Waals surface area (Å²) in [5.74, 6) is 0.606. The van der Waals surface area contributed by atoms with E-state index < -0.39 is 15.8 Å². The van der Waals surface area contributed by atoms with Gasteiger partial charge in [-0.25, -0.2) is 0 Å². The monoisotopic (exact) mass is 305 g/mol. The van der Waals surface area contributed by atoms with Crippen LogP contribution in [0.25, 0.3) is 0 Å². The molecule has 1 fully saturated rings. The second-order valence-corrected chi connectivity index (χ2v) is 6.14. The smallest absolute Gasteiger partial charge is 0.337 e. The summed E-state index contributed by atoms with van der Waals surface area (Å²) in [7, 11) is -2.22. The molecule has 0 amide bonds. The van der Waals surface area contributed by atoms with Crippen LogP contribution in [0.15, 0.2) is 54.6 Å².